The fourth-order valence-corrected chi connectivity index (χ4v) is 6.79. The highest BCUT2D eigenvalue weighted by atomic mass is 32.2. The van der Waals surface area contributed by atoms with E-state index in [1.165, 1.54) is 17.0 Å². The fraction of sp³-hybridized carbons (Fsp3) is 0.370. The summed E-state index contributed by atoms with van der Waals surface area (Å²) in [6.07, 6.45) is 0.246. The molecule has 1 aliphatic heterocycles. The molecule has 196 valence electrons. The van der Waals surface area contributed by atoms with Gasteiger partial charge in [0.05, 0.1) is 15.6 Å². The zero-order valence-corrected chi connectivity index (χ0v) is 21.9. The van der Waals surface area contributed by atoms with Gasteiger partial charge in [-0.3, -0.25) is 10.1 Å². The Labute approximate surface area is 216 Å². The van der Waals surface area contributed by atoms with Gasteiger partial charge in [0.1, 0.15) is 0 Å². The standard InChI is InChI=1S/C27H31N3O6S/c1-27(2,3)29(26(31)32)21-13-15-28(16-14-21)22-11-12-24(30(33)34)20(17-22)18-37(35,36)25-10-6-8-19-7-4-5-9-23(19)25/h4-12,17,21H,13-16,18H2,1-3H3,(H,31,32). The van der Waals surface area contributed by atoms with Crippen LogP contribution >= 0.6 is 0 Å². The first kappa shape index (κ1) is 26.4. The van der Waals surface area contributed by atoms with Crippen molar-refractivity contribution in [3.63, 3.8) is 0 Å². The molecule has 1 fully saturated rings. The third-order valence-corrected chi connectivity index (χ3v) is 8.53. The number of nitro groups is 1. The molecular formula is C27H31N3O6S. The number of nitro benzene ring substituents is 1. The van der Waals surface area contributed by atoms with E-state index in [0.29, 0.717) is 37.0 Å². The van der Waals surface area contributed by atoms with Gasteiger partial charge >= 0.3 is 6.09 Å². The number of hydrogen-bond acceptors (Lipinski definition) is 6. The zero-order valence-electron chi connectivity index (χ0n) is 21.1. The van der Waals surface area contributed by atoms with Crippen molar-refractivity contribution < 1.29 is 23.2 Å². The lowest BCUT2D eigenvalue weighted by atomic mass is 9.96. The van der Waals surface area contributed by atoms with Crippen LogP contribution in [0.1, 0.15) is 39.2 Å². The highest BCUT2D eigenvalue weighted by Gasteiger charge is 2.35. The SMILES string of the molecule is CC(C)(C)N(C(=O)O)C1CCN(c2ccc([N+](=O)[O-])c(CS(=O)(=O)c3cccc4ccccc34)c2)CC1. The average Bonchev–Trinajstić information content (AvgIpc) is 2.82. The van der Waals surface area contributed by atoms with Crippen LogP contribution in [0.5, 0.6) is 0 Å². The quantitative estimate of drug-likeness (QED) is 0.335. The number of anilines is 1. The predicted molar refractivity (Wildman–Crippen MR) is 143 cm³/mol. The zero-order chi connectivity index (χ0) is 27.0. The summed E-state index contributed by atoms with van der Waals surface area (Å²) in [5.41, 5.74) is 0.0336. The Hall–Kier alpha value is -3.66. The molecule has 0 bridgehead atoms. The molecule has 0 atom stereocenters. The number of carboxylic acid groups (broad SMARTS) is 1. The van der Waals surface area contributed by atoms with Crippen molar-refractivity contribution in [2.24, 2.45) is 0 Å². The molecule has 0 aromatic heterocycles. The highest BCUT2D eigenvalue weighted by molar-refractivity contribution is 7.90. The molecule has 1 heterocycles. The molecule has 9 nitrogen and oxygen atoms in total. The molecule has 1 aliphatic rings. The molecule has 1 saturated heterocycles. The largest absolute Gasteiger partial charge is 0.465 e. The van der Waals surface area contributed by atoms with Crippen LogP contribution in [0.15, 0.2) is 65.6 Å². The number of carbonyl (C=O) groups is 1. The Morgan fingerprint density at radius 3 is 2.35 bits per heavy atom. The summed E-state index contributed by atoms with van der Waals surface area (Å²) in [6.45, 7) is 6.71. The minimum atomic E-state index is -3.88. The summed E-state index contributed by atoms with van der Waals surface area (Å²) in [6, 6.07) is 16.6. The van der Waals surface area contributed by atoms with E-state index in [1.807, 2.05) is 43.9 Å². The third kappa shape index (κ3) is 5.53. The smallest absolute Gasteiger partial charge is 0.407 e. The number of nitrogens with zero attached hydrogens (tertiary/aromatic N) is 3. The monoisotopic (exact) mass is 525 g/mol. The van der Waals surface area contributed by atoms with Crippen LogP contribution in [-0.2, 0) is 15.6 Å². The van der Waals surface area contributed by atoms with E-state index in [4.69, 9.17) is 0 Å². The van der Waals surface area contributed by atoms with Gasteiger partial charge in [-0.05, 0) is 57.2 Å². The molecule has 3 aromatic rings. The fourth-order valence-electron chi connectivity index (χ4n) is 5.18. The van der Waals surface area contributed by atoms with Crippen molar-refractivity contribution in [2.45, 2.75) is 55.8 Å². The topological polar surface area (TPSA) is 121 Å². The summed E-state index contributed by atoms with van der Waals surface area (Å²) >= 11 is 0. The Balaban J connectivity index is 1.61. The minimum Gasteiger partial charge on any atom is -0.465 e. The predicted octanol–water partition coefficient (Wildman–Crippen LogP) is 5.47. The summed E-state index contributed by atoms with van der Waals surface area (Å²) in [7, 11) is -3.88. The van der Waals surface area contributed by atoms with Gasteiger partial charge in [0.2, 0.25) is 0 Å². The van der Waals surface area contributed by atoms with Crippen molar-refractivity contribution in [1.82, 2.24) is 4.90 Å². The first-order chi connectivity index (χ1) is 17.4. The van der Waals surface area contributed by atoms with Gasteiger partial charge in [-0.25, -0.2) is 13.2 Å². The number of hydrogen-bond donors (Lipinski definition) is 1. The Bertz CT molecular complexity index is 1430. The Kier molecular flexibility index (Phi) is 7.14. The molecular weight excluding hydrogens is 494 g/mol. The van der Waals surface area contributed by atoms with E-state index in [2.05, 4.69) is 0 Å². The summed E-state index contributed by atoms with van der Waals surface area (Å²) in [5, 5.41) is 22.8. The van der Waals surface area contributed by atoms with Crippen LogP contribution < -0.4 is 4.90 Å². The van der Waals surface area contributed by atoms with Gasteiger partial charge < -0.3 is 14.9 Å². The van der Waals surface area contributed by atoms with Gasteiger partial charge in [-0.1, -0.05) is 36.4 Å². The van der Waals surface area contributed by atoms with Crippen LogP contribution in [-0.4, -0.2) is 54.1 Å². The summed E-state index contributed by atoms with van der Waals surface area (Å²) < 4.78 is 26.9. The van der Waals surface area contributed by atoms with E-state index < -0.39 is 32.1 Å². The highest BCUT2D eigenvalue weighted by Crippen LogP contribution is 2.33. The normalized spacial score (nSPS) is 15.1. The molecule has 37 heavy (non-hydrogen) atoms. The van der Waals surface area contributed by atoms with Crippen LogP contribution in [0.2, 0.25) is 0 Å². The van der Waals surface area contributed by atoms with Gasteiger partial charge in [0, 0.05) is 47.4 Å². The number of rotatable bonds is 6. The minimum absolute atomic E-state index is 0.124. The van der Waals surface area contributed by atoms with Gasteiger partial charge in [-0.15, -0.1) is 0 Å². The maximum absolute atomic E-state index is 13.5. The number of piperidine rings is 1. The lowest BCUT2D eigenvalue weighted by molar-refractivity contribution is -0.385. The molecule has 10 heteroatoms. The second kappa shape index (κ2) is 10.0. The first-order valence-corrected chi connectivity index (χ1v) is 13.8. The van der Waals surface area contributed by atoms with E-state index in [1.54, 1.807) is 30.3 Å². The summed E-state index contributed by atoms with van der Waals surface area (Å²) in [4.78, 5) is 26.7. The van der Waals surface area contributed by atoms with Gasteiger partial charge in [0.15, 0.2) is 9.84 Å². The average molecular weight is 526 g/mol. The summed E-state index contributed by atoms with van der Waals surface area (Å²) in [5.74, 6) is -0.502. The van der Waals surface area contributed by atoms with Gasteiger partial charge in [0.25, 0.3) is 5.69 Å². The van der Waals surface area contributed by atoms with E-state index in [-0.39, 0.29) is 22.2 Å². The Morgan fingerprint density at radius 2 is 1.73 bits per heavy atom. The number of amides is 1. The molecule has 0 spiro atoms. The van der Waals surface area contributed by atoms with Crippen molar-refractivity contribution in [2.75, 3.05) is 18.0 Å². The van der Waals surface area contributed by atoms with Crippen LogP contribution in [0, 0.1) is 10.1 Å². The van der Waals surface area contributed by atoms with Gasteiger partial charge in [-0.2, -0.15) is 0 Å². The van der Waals surface area contributed by atoms with Crippen molar-refractivity contribution in [1.29, 1.82) is 0 Å². The number of benzene rings is 3. The molecule has 0 unspecified atom stereocenters. The molecule has 1 amide bonds. The van der Waals surface area contributed by atoms with E-state index in [0.717, 1.165) is 5.39 Å². The van der Waals surface area contributed by atoms with E-state index >= 15 is 0 Å². The maximum Gasteiger partial charge on any atom is 0.407 e. The molecule has 0 aliphatic carbocycles. The van der Waals surface area contributed by atoms with Crippen molar-refractivity contribution in [3.8, 4) is 0 Å². The molecule has 4 rings (SSSR count). The number of fused-ring (bicyclic) bond motifs is 1. The first-order valence-electron chi connectivity index (χ1n) is 12.1. The van der Waals surface area contributed by atoms with Crippen molar-refractivity contribution >= 4 is 38.1 Å². The second-order valence-electron chi connectivity index (χ2n) is 10.3. The molecule has 0 radical (unpaired) electrons. The maximum atomic E-state index is 13.5. The second-order valence-corrected chi connectivity index (χ2v) is 12.3. The van der Waals surface area contributed by atoms with Crippen LogP contribution in [0.4, 0.5) is 16.2 Å². The third-order valence-electron chi connectivity index (χ3n) is 6.81. The lowest BCUT2D eigenvalue weighted by Gasteiger charge is -2.44. The number of sulfone groups is 1. The van der Waals surface area contributed by atoms with Crippen LogP contribution in [0.3, 0.4) is 0 Å². The molecule has 0 saturated carbocycles. The Morgan fingerprint density at radius 1 is 1.08 bits per heavy atom. The molecule has 3 aromatic carbocycles. The van der Waals surface area contributed by atoms with E-state index in [9.17, 15) is 28.4 Å². The lowest BCUT2D eigenvalue weighted by Crippen LogP contribution is -2.54. The van der Waals surface area contributed by atoms with Crippen molar-refractivity contribution in [3.05, 3.63) is 76.3 Å². The van der Waals surface area contributed by atoms with Crippen LogP contribution in [0.25, 0.3) is 10.8 Å². The molecule has 1 N–H and O–H groups in total.